The molecule has 1 aliphatic carbocycles. The number of carbonyl (C=O) groups excluding carboxylic acids is 1. The first-order chi connectivity index (χ1) is 14.8. The van der Waals surface area contributed by atoms with E-state index in [1.807, 2.05) is 66.8 Å². The molecule has 0 aliphatic heterocycles. The Bertz CT molecular complexity index is 1380. The molecule has 0 fully saturated rings. The molecular weight excluding hydrogens is 364 g/mol. The van der Waals surface area contributed by atoms with Crippen molar-refractivity contribution < 1.29 is 4.79 Å². The van der Waals surface area contributed by atoms with Crippen molar-refractivity contribution in [2.75, 3.05) is 0 Å². The van der Waals surface area contributed by atoms with Crippen molar-refractivity contribution in [1.29, 1.82) is 0 Å². The number of carbonyl (C=O) groups is 1. The third-order valence-corrected chi connectivity index (χ3v) is 5.47. The van der Waals surface area contributed by atoms with Gasteiger partial charge in [-0.3, -0.25) is 4.79 Å². The van der Waals surface area contributed by atoms with Crippen molar-refractivity contribution in [3.05, 3.63) is 136 Å². The van der Waals surface area contributed by atoms with Crippen LogP contribution in [0.5, 0.6) is 0 Å². The Balaban J connectivity index is 1.65. The fourth-order valence-corrected chi connectivity index (χ4v) is 3.95. The topological polar surface area (TPSA) is 17.1 Å². The van der Waals surface area contributed by atoms with Gasteiger partial charge in [0.15, 0.2) is 5.78 Å². The van der Waals surface area contributed by atoms with E-state index in [2.05, 4.69) is 48.5 Å². The van der Waals surface area contributed by atoms with Crippen LogP contribution in [0.4, 0.5) is 0 Å². The summed E-state index contributed by atoms with van der Waals surface area (Å²) in [5.41, 5.74) is 4.04. The van der Waals surface area contributed by atoms with Crippen molar-refractivity contribution >= 4 is 34.3 Å². The van der Waals surface area contributed by atoms with Crippen molar-refractivity contribution in [3.63, 3.8) is 0 Å². The molecule has 4 aromatic rings. The van der Waals surface area contributed by atoms with Crippen LogP contribution in [0.2, 0.25) is 0 Å². The number of fused-ring (bicyclic) bond motifs is 3. The van der Waals surface area contributed by atoms with Gasteiger partial charge in [-0.25, -0.2) is 0 Å². The number of Topliss-reactive ketones (excluding diaryl/α,β-unsaturated/α-hetero) is 1. The predicted octanol–water partition coefficient (Wildman–Crippen LogP) is 5.04. The average Bonchev–Trinajstić information content (AvgIpc) is 2.81. The van der Waals surface area contributed by atoms with E-state index in [0.29, 0.717) is 5.57 Å². The van der Waals surface area contributed by atoms with Crippen LogP contribution in [-0.4, -0.2) is 5.78 Å². The highest BCUT2D eigenvalue weighted by atomic mass is 16.1. The molecule has 1 nitrogen and oxygen atoms in total. The van der Waals surface area contributed by atoms with Crippen LogP contribution in [0.3, 0.4) is 0 Å². The van der Waals surface area contributed by atoms with E-state index in [1.165, 1.54) is 0 Å². The van der Waals surface area contributed by atoms with E-state index >= 15 is 0 Å². The second kappa shape index (κ2) is 7.81. The maximum Gasteiger partial charge on any atom is 0.186 e. The van der Waals surface area contributed by atoms with Crippen molar-refractivity contribution in [1.82, 2.24) is 0 Å². The second-order valence-electron chi connectivity index (χ2n) is 7.38. The molecule has 0 aromatic heterocycles. The van der Waals surface area contributed by atoms with Gasteiger partial charge in [0.25, 0.3) is 0 Å². The largest absolute Gasteiger partial charge is 0.289 e. The lowest BCUT2D eigenvalue weighted by Gasteiger charge is -2.09. The maximum absolute atomic E-state index is 12.9. The van der Waals surface area contributed by atoms with Crippen LogP contribution in [0.1, 0.15) is 11.1 Å². The standard InChI is InChI=1S/C29H20O/c30-29-20-28-24(16-15-23-13-7-8-14-27(23)28)19-25(29)17-18-26(21-9-3-1-4-10-21)22-11-5-2-6-12-22/h1-20H/b25-17-. The molecule has 0 heterocycles. The summed E-state index contributed by atoms with van der Waals surface area (Å²) >= 11 is 0. The molecule has 0 spiro atoms. The van der Waals surface area contributed by atoms with Gasteiger partial charge < -0.3 is 0 Å². The van der Waals surface area contributed by atoms with Crippen molar-refractivity contribution in [2.45, 2.75) is 0 Å². The molecule has 0 unspecified atom stereocenters. The molecule has 142 valence electrons. The molecule has 0 saturated heterocycles. The van der Waals surface area contributed by atoms with E-state index in [4.69, 9.17) is 0 Å². The lowest BCUT2D eigenvalue weighted by atomic mass is 9.95. The third kappa shape index (κ3) is 3.42. The van der Waals surface area contributed by atoms with Gasteiger partial charge in [0.2, 0.25) is 0 Å². The summed E-state index contributed by atoms with van der Waals surface area (Å²) < 4.78 is 0. The van der Waals surface area contributed by atoms with Gasteiger partial charge in [-0.05, 0) is 50.1 Å². The smallest absolute Gasteiger partial charge is 0.186 e. The van der Waals surface area contributed by atoms with Crippen LogP contribution in [0.25, 0.3) is 28.5 Å². The molecule has 1 heteroatoms. The first kappa shape index (κ1) is 18.1. The summed E-state index contributed by atoms with van der Waals surface area (Å²) in [6.45, 7) is 0. The van der Waals surface area contributed by atoms with Crippen LogP contribution in [-0.2, 0) is 4.79 Å². The van der Waals surface area contributed by atoms with Crippen LogP contribution < -0.4 is 10.4 Å². The van der Waals surface area contributed by atoms with Crippen molar-refractivity contribution in [3.8, 4) is 0 Å². The van der Waals surface area contributed by atoms with Crippen LogP contribution in [0, 0.1) is 0 Å². The SMILES string of the molecule is O=C1C=c2c(ccc3ccccc23)=C/C1=C/C=C(c1ccccc1)c1ccccc1. The van der Waals surface area contributed by atoms with Crippen LogP contribution >= 0.6 is 0 Å². The number of ketones is 1. The predicted molar refractivity (Wildman–Crippen MR) is 125 cm³/mol. The zero-order valence-electron chi connectivity index (χ0n) is 16.5. The lowest BCUT2D eigenvalue weighted by molar-refractivity contribution is -0.109. The van der Waals surface area contributed by atoms with Gasteiger partial charge in [-0.1, -0.05) is 109 Å². The van der Waals surface area contributed by atoms with Gasteiger partial charge in [0, 0.05) is 5.57 Å². The first-order valence-electron chi connectivity index (χ1n) is 10.1. The second-order valence-corrected chi connectivity index (χ2v) is 7.38. The Morgan fingerprint density at radius 3 is 1.97 bits per heavy atom. The number of hydrogen-bond donors (Lipinski definition) is 0. The Morgan fingerprint density at radius 2 is 1.27 bits per heavy atom. The maximum atomic E-state index is 12.9. The Morgan fingerprint density at radius 1 is 0.633 bits per heavy atom. The fraction of sp³-hybridized carbons (Fsp3) is 0. The average molecular weight is 384 g/mol. The molecule has 30 heavy (non-hydrogen) atoms. The molecular formula is C29H20O. The van der Waals surface area contributed by atoms with Gasteiger partial charge >= 0.3 is 0 Å². The minimum absolute atomic E-state index is 0.0376. The van der Waals surface area contributed by atoms with Crippen molar-refractivity contribution in [2.24, 2.45) is 0 Å². The summed E-state index contributed by atoms with van der Waals surface area (Å²) in [6, 6.07) is 32.9. The monoisotopic (exact) mass is 384 g/mol. The van der Waals surface area contributed by atoms with Gasteiger partial charge in [0.05, 0.1) is 0 Å². The molecule has 4 aromatic carbocycles. The summed E-state index contributed by atoms with van der Waals surface area (Å²) in [5, 5.41) is 4.35. The Hall–Kier alpha value is -3.97. The number of hydrogen-bond acceptors (Lipinski definition) is 1. The molecule has 1 aliphatic rings. The van der Waals surface area contributed by atoms with E-state index in [1.54, 1.807) is 6.08 Å². The highest BCUT2D eigenvalue weighted by Crippen LogP contribution is 2.24. The zero-order chi connectivity index (χ0) is 20.3. The first-order valence-corrected chi connectivity index (χ1v) is 10.1. The van der Waals surface area contributed by atoms with E-state index in [0.717, 1.165) is 37.9 Å². The number of benzene rings is 4. The summed E-state index contributed by atoms with van der Waals surface area (Å²) in [6.07, 6.45) is 7.75. The normalized spacial score (nSPS) is 14.0. The number of rotatable bonds is 3. The Labute approximate surface area is 175 Å². The fourth-order valence-electron chi connectivity index (χ4n) is 3.95. The lowest BCUT2D eigenvalue weighted by Crippen LogP contribution is -2.30. The molecule has 0 amide bonds. The molecule has 0 saturated carbocycles. The molecule has 0 bridgehead atoms. The third-order valence-electron chi connectivity index (χ3n) is 5.47. The summed E-state index contributed by atoms with van der Waals surface area (Å²) in [4.78, 5) is 12.9. The van der Waals surface area contributed by atoms with E-state index in [-0.39, 0.29) is 5.78 Å². The minimum atomic E-state index is 0.0376. The quantitative estimate of drug-likeness (QED) is 0.452. The highest BCUT2D eigenvalue weighted by Gasteiger charge is 2.10. The van der Waals surface area contributed by atoms with Crippen LogP contribution in [0.15, 0.2) is 115 Å². The molecule has 0 atom stereocenters. The molecule has 0 radical (unpaired) electrons. The highest BCUT2D eigenvalue weighted by molar-refractivity contribution is 6.23. The number of allylic oxidation sites excluding steroid dienone is 3. The van der Waals surface area contributed by atoms with Gasteiger partial charge in [0.1, 0.15) is 0 Å². The Kier molecular flexibility index (Phi) is 4.71. The summed E-state index contributed by atoms with van der Waals surface area (Å²) in [7, 11) is 0. The van der Waals surface area contributed by atoms with E-state index in [9.17, 15) is 4.79 Å². The van der Waals surface area contributed by atoms with Gasteiger partial charge in [-0.15, -0.1) is 0 Å². The summed E-state index contributed by atoms with van der Waals surface area (Å²) in [5.74, 6) is 0.0376. The zero-order valence-corrected chi connectivity index (χ0v) is 16.5. The van der Waals surface area contributed by atoms with Gasteiger partial charge in [-0.2, -0.15) is 0 Å². The minimum Gasteiger partial charge on any atom is -0.289 e. The molecule has 0 N–H and O–H groups in total. The molecule has 5 rings (SSSR count). The van der Waals surface area contributed by atoms with E-state index < -0.39 is 0 Å².